The Hall–Kier alpha value is -1.06. The number of carbonyl (C=O) groups is 1. The van der Waals surface area contributed by atoms with Gasteiger partial charge in [-0.25, -0.2) is 0 Å². The smallest absolute Gasteiger partial charge is 0.239 e. The average Bonchev–Trinajstić information content (AvgIpc) is 2.32. The molecule has 1 heterocycles. The van der Waals surface area contributed by atoms with Crippen LogP contribution >= 0.6 is 11.6 Å². The lowest BCUT2D eigenvalue weighted by Crippen LogP contribution is -2.49. The second kappa shape index (κ2) is 5.52. The van der Waals surface area contributed by atoms with Crippen LogP contribution < -0.4 is 5.32 Å². The minimum atomic E-state index is -0.0251. The number of carbonyl (C=O) groups excluding carboxylic acids is 1. The van der Waals surface area contributed by atoms with E-state index in [4.69, 9.17) is 11.6 Å². The molecule has 1 aromatic rings. The monoisotopic (exact) mass is 252 g/mol. The SMILES string of the molecule is CNC1CCCN(Cc2cccc(Cl)c2)C1=O. The Morgan fingerprint density at radius 1 is 1.53 bits per heavy atom. The molecule has 0 spiro atoms. The van der Waals surface area contributed by atoms with Crippen LogP contribution in [0.1, 0.15) is 18.4 Å². The van der Waals surface area contributed by atoms with Gasteiger partial charge >= 0.3 is 0 Å². The van der Waals surface area contributed by atoms with Gasteiger partial charge in [0, 0.05) is 18.1 Å². The first-order valence-corrected chi connectivity index (χ1v) is 6.29. The standard InChI is InChI=1S/C13H17ClN2O/c1-15-12-6-3-7-16(13(12)17)9-10-4-2-5-11(14)8-10/h2,4-5,8,12,15H,3,6-7,9H2,1H3. The molecule has 4 heteroatoms. The fraction of sp³-hybridized carbons (Fsp3) is 0.462. The molecule has 1 aromatic carbocycles. The van der Waals surface area contributed by atoms with Gasteiger partial charge in [0.1, 0.15) is 0 Å². The number of likely N-dealkylation sites (tertiary alicyclic amines) is 1. The molecule has 92 valence electrons. The van der Waals surface area contributed by atoms with Gasteiger partial charge in [0.05, 0.1) is 6.04 Å². The molecule has 1 unspecified atom stereocenters. The van der Waals surface area contributed by atoms with E-state index in [-0.39, 0.29) is 11.9 Å². The second-order valence-corrected chi connectivity index (χ2v) is 4.81. The molecule has 1 amide bonds. The third kappa shape index (κ3) is 2.99. The number of amides is 1. The van der Waals surface area contributed by atoms with Crippen molar-refractivity contribution in [2.75, 3.05) is 13.6 Å². The molecule has 0 saturated carbocycles. The number of hydrogen-bond donors (Lipinski definition) is 1. The van der Waals surface area contributed by atoms with E-state index in [2.05, 4.69) is 5.32 Å². The Bertz CT molecular complexity index is 408. The van der Waals surface area contributed by atoms with Crippen molar-refractivity contribution < 1.29 is 4.79 Å². The Kier molecular flexibility index (Phi) is 4.02. The molecule has 17 heavy (non-hydrogen) atoms. The highest BCUT2D eigenvalue weighted by molar-refractivity contribution is 6.30. The predicted octanol–water partition coefficient (Wildman–Crippen LogP) is 2.05. The summed E-state index contributed by atoms with van der Waals surface area (Å²) in [4.78, 5) is 14.0. The molecule has 1 N–H and O–H groups in total. The maximum Gasteiger partial charge on any atom is 0.239 e. The summed E-state index contributed by atoms with van der Waals surface area (Å²) in [5.41, 5.74) is 1.09. The minimum absolute atomic E-state index is 0.0251. The van der Waals surface area contributed by atoms with Gasteiger partial charge in [0.25, 0.3) is 0 Å². The van der Waals surface area contributed by atoms with Crippen LogP contribution in [0.4, 0.5) is 0 Å². The van der Waals surface area contributed by atoms with E-state index in [0.717, 1.165) is 30.0 Å². The first kappa shape index (κ1) is 12.4. The van der Waals surface area contributed by atoms with Crippen molar-refractivity contribution in [1.82, 2.24) is 10.2 Å². The number of halogens is 1. The lowest BCUT2D eigenvalue weighted by Gasteiger charge is -2.32. The van der Waals surface area contributed by atoms with Gasteiger partial charge in [-0.2, -0.15) is 0 Å². The Morgan fingerprint density at radius 2 is 2.35 bits per heavy atom. The predicted molar refractivity (Wildman–Crippen MR) is 69.0 cm³/mol. The third-order valence-corrected chi connectivity index (χ3v) is 3.38. The van der Waals surface area contributed by atoms with Crippen LogP contribution in [0.2, 0.25) is 5.02 Å². The van der Waals surface area contributed by atoms with Crippen molar-refractivity contribution in [3.63, 3.8) is 0 Å². The molecular weight excluding hydrogens is 236 g/mol. The summed E-state index contributed by atoms with van der Waals surface area (Å²) >= 11 is 5.94. The second-order valence-electron chi connectivity index (χ2n) is 4.37. The van der Waals surface area contributed by atoms with Crippen LogP contribution in [-0.2, 0) is 11.3 Å². The number of rotatable bonds is 3. The molecule has 3 nitrogen and oxygen atoms in total. The van der Waals surface area contributed by atoms with Crippen LogP contribution in [0.3, 0.4) is 0 Å². The van der Waals surface area contributed by atoms with E-state index >= 15 is 0 Å². The van der Waals surface area contributed by atoms with Gasteiger partial charge in [-0.1, -0.05) is 23.7 Å². The van der Waals surface area contributed by atoms with Crippen LogP contribution in [-0.4, -0.2) is 30.4 Å². The molecule has 1 fully saturated rings. The Balaban J connectivity index is 2.05. The molecule has 1 saturated heterocycles. The number of nitrogens with zero attached hydrogens (tertiary/aromatic N) is 1. The fourth-order valence-corrected chi connectivity index (χ4v) is 2.43. The van der Waals surface area contributed by atoms with Crippen molar-refractivity contribution in [2.24, 2.45) is 0 Å². The zero-order chi connectivity index (χ0) is 12.3. The van der Waals surface area contributed by atoms with Crippen LogP contribution in [0.15, 0.2) is 24.3 Å². The number of likely N-dealkylation sites (N-methyl/N-ethyl adjacent to an activating group) is 1. The van der Waals surface area contributed by atoms with E-state index in [9.17, 15) is 4.79 Å². The molecule has 1 atom stereocenters. The van der Waals surface area contributed by atoms with Crippen LogP contribution in [0, 0.1) is 0 Å². The van der Waals surface area contributed by atoms with E-state index in [1.54, 1.807) is 0 Å². The first-order chi connectivity index (χ1) is 8.20. The molecule has 1 aliphatic rings. The number of piperidine rings is 1. The van der Waals surface area contributed by atoms with Gasteiger partial charge in [-0.15, -0.1) is 0 Å². The topological polar surface area (TPSA) is 32.3 Å². The van der Waals surface area contributed by atoms with Crippen molar-refractivity contribution in [3.05, 3.63) is 34.9 Å². The van der Waals surface area contributed by atoms with E-state index in [1.165, 1.54) is 0 Å². The molecular formula is C13H17ClN2O. The normalized spacial score (nSPS) is 20.7. The van der Waals surface area contributed by atoms with Crippen molar-refractivity contribution >= 4 is 17.5 Å². The van der Waals surface area contributed by atoms with Gasteiger partial charge in [0.2, 0.25) is 5.91 Å². The maximum absolute atomic E-state index is 12.1. The number of benzene rings is 1. The quantitative estimate of drug-likeness (QED) is 0.893. The van der Waals surface area contributed by atoms with E-state index in [1.807, 2.05) is 36.2 Å². The van der Waals surface area contributed by atoms with Crippen molar-refractivity contribution in [2.45, 2.75) is 25.4 Å². The summed E-state index contributed by atoms with van der Waals surface area (Å²) < 4.78 is 0. The summed E-state index contributed by atoms with van der Waals surface area (Å²) in [6.07, 6.45) is 1.99. The zero-order valence-electron chi connectivity index (χ0n) is 9.95. The highest BCUT2D eigenvalue weighted by Crippen LogP contribution is 2.17. The van der Waals surface area contributed by atoms with Gasteiger partial charge in [-0.05, 0) is 37.6 Å². The zero-order valence-corrected chi connectivity index (χ0v) is 10.7. The molecule has 0 aliphatic carbocycles. The summed E-state index contributed by atoms with van der Waals surface area (Å²) in [6, 6.07) is 7.66. The fourth-order valence-electron chi connectivity index (χ4n) is 2.22. The number of nitrogens with one attached hydrogen (secondary N) is 1. The van der Waals surface area contributed by atoms with Crippen LogP contribution in [0.25, 0.3) is 0 Å². The Labute approximate surface area is 107 Å². The van der Waals surface area contributed by atoms with Gasteiger partial charge < -0.3 is 10.2 Å². The average molecular weight is 253 g/mol. The van der Waals surface area contributed by atoms with Crippen molar-refractivity contribution in [3.8, 4) is 0 Å². The van der Waals surface area contributed by atoms with Crippen molar-refractivity contribution in [1.29, 1.82) is 0 Å². The molecule has 0 bridgehead atoms. The highest BCUT2D eigenvalue weighted by atomic mass is 35.5. The van der Waals surface area contributed by atoms with Crippen LogP contribution in [0.5, 0.6) is 0 Å². The third-order valence-electron chi connectivity index (χ3n) is 3.14. The van der Waals surface area contributed by atoms with E-state index < -0.39 is 0 Å². The van der Waals surface area contributed by atoms with E-state index in [0.29, 0.717) is 6.54 Å². The molecule has 1 aliphatic heterocycles. The molecule has 0 radical (unpaired) electrons. The molecule has 2 rings (SSSR count). The Morgan fingerprint density at radius 3 is 3.06 bits per heavy atom. The maximum atomic E-state index is 12.1. The lowest BCUT2D eigenvalue weighted by molar-refractivity contribution is -0.136. The number of hydrogen-bond acceptors (Lipinski definition) is 2. The minimum Gasteiger partial charge on any atom is -0.337 e. The summed E-state index contributed by atoms with van der Waals surface area (Å²) in [5, 5.41) is 3.78. The molecule has 0 aromatic heterocycles. The van der Waals surface area contributed by atoms with Gasteiger partial charge in [0.15, 0.2) is 0 Å². The summed E-state index contributed by atoms with van der Waals surface area (Å²) in [5.74, 6) is 0.193. The first-order valence-electron chi connectivity index (χ1n) is 5.91. The lowest BCUT2D eigenvalue weighted by atomic mass is 10.0. The highest BCUT2D eigenvalue weighted by Gasteiger charge is 2.27. The summed E-state index contributed by atoms with van der Waals surface area (Å²) in [7, 11) is 1.84. The van der Waals surface area contributed by atoms with Gasteiger partial charge in [-0.3, -0.25) is 4.79 Å². The largest absolute Gasteiger partial charge is 0.337 e. The summed E-state index contributed by atoms with van der Waals surface area (Å²) in [6.45, 7) is 1.49.